The Morgan fingerprint density at radius 3 is 2.58 bits per heavy atom. The highest BCUT2D eigenvalue weighted by molar-refractivity contribution is 6.19. The van der Waals surface area contributed by atoms with Crippen LogP contribution in [0.25, 0.3) is 11.0 Å². The highest BCUT2D eigenvalue weighted by atomic mass is 16.1. The van der Waals surface area contributed by atoms with Crippen molar-refractivity contribution in [3.8, 4) is 0 Å². The van der Waals surface area contributed by atoms with E-state index >= 15 is 0 Å². The Kier molecular flexibility index (Phi) is 3.45. The van der Waals surface area contributed by atoms with Crippen molar-refractivity contribution >= 4 is 28.3 Å². The number of aromatic nitrogens is 3. The average Bonchev–Trinajstić information content (AvgIpc) is 3.22. The summed E-state index contributed by atoms with van der Waals surface area (Å²) in [7, 11) is 0. The van der Waals surface area contributed by atoms with Crippen molar-refractivity contribution in [3.05, 3.63) is 47.9 Å². The van der Waals surface area contributed by atoms with E-state index in [1.54, 1.807) is 18.2 Å². The van der Waals surface area contributed by atoms with Crippen LogP contribution in [0.5, 0.6) is 0 Å². The molecule has 2 aromatic heterocycles. The Morgan fingerprint density at radius 2 is 1.83 bits per heavy atom. The molecule has 24 heavy (non-hydrogen) atoms. The van der Waals surface area contributed by atoms with Gasteiger partial charge in [-0.05, 0) is 25.0 Å². The van der Waals surface area contributed by atoms with Gasteiger partial charge in [-0.25, -0.2) is 9.97 Å². The summed E-state index contributed by atoms with van der Waals surface area (Å²) >= 11 is 0. The van der Waals surface area contributed by atoms with Gasteiger partial charge in [-0.1, -0.05) is 25.0 Å². The fourth-order valence-electron chi connectivity index (χ4n) is 3.59. The molecule has 4 rings (SSSR count). The topological polar surface area (TPSA) is 99.8 Å². The van der Waals surface area contributed by atoms with Crippen molar-refractivity contribution in [3.63, 3.8) is 0 Å². The number of anilines is 2. The monoisotopic (exact) mass is 321 g/mol. The SMILES string of the molecule is Nc1ccccc1C(=O)c1cn(C2CCCC2)c2ncnc(N)c12. The zero-order valence-corrected chi connectivity index (χ0v) is 13.3. The molecule has 1 aromatic carbocycles. The highest BCUT2D eigenvalue weighted by Crippen LogP contribution is 2.35. The van der Waals surface area contributed by atoms with E-state index < -0.39 is 0 Å². The molecule has 4 N–H and O–H groups in total. The molecule has 0 aliphatic heterocycles. The van der Waals surface area contributed by atoms with Crippen LogP contribution in [-0.4, -0.2) is 20.3 Å². The van der Waals surface area contributed by atoms with Crippen LogP contribution in [0.4, 0.5) is 11.5 Å². The highest BCUT2D eigenvalue weighted by Gasteiger charge is 2.25. The Balaban J connectivity index is 1.92. The lowest BCUT2D eigenvalue weighted by atomic mass is 10.0. The van der Waals surface area contributed by atoms with Gasteiger partial charge in [-0.15, -0.1) is 0 Å². The first-order valence-electron chi connectivity index (χ1n) is 8.17. The van der Waals surface area contributed by atoms with Gasteiger partial charge in [0.15, 0.2) is 5.78 Å². The number of carbonyl (C=O) groups excluding carboxylic acids is 1. The lowest BCUT2D eigenvalue weighted by Crippen LogP contribution is -2.06. The van der Waals surface area contributed by atoms with Crippen LogP contribution in [0.3, 0.4) is 0 Å². The Hall–Kier alpha value is -2.89. The summed E-state index contributed by atoms with van der Waals surface area (Å²) in [6.07, 6.45) is 7.90. The summed E-state index contributed by atoms with van der Waals surface area (Å²) in [6, 6.07) is 7.43. The molecule has 1 aliphatic rings. The molecule has 3 aromatic rings. The summed E-state index contributed by atoms with van der Waals surface area (Å²) in [5.41, 5.74) is 14.2. The molecule has 0 amide bonds. The largest absolute Gasteiger partial charge is 0.398 e. The molecule has 1 aliphatic carbocycles. The first kappa shape index (κ1) is 14.7. The lowest BCUT2D eigenvalue weighted by Gasteiger charge is -2.12. The van der Waals surface area contributed by atoms with Crippen LogP contribution >= 0.6 is 0 Å². The van der Waals surface area contributed by atoms with E-state index in [9.17, 15) is 4.79 Å². The third-order valence-corrected chi connectivity index (χ3v) is 4.81. The number of hydrogen-bond donors (Lipinski definition) is 2. The second kappa shape index (κ2) is 5.63. The van der Waals surface area contributed by atoms with Crippen LogP contribution < -0.4 is 11.5 Å². The normalized spacial score (nSPS) is 15.2. The van der Waals surface area contributed by atoms with Gasteiger partial charge >= 0.3 is 0 Å². The molecule has 1 fully saturated rings. The number of nitrogens with two attached hydrogens (primary N) is 2. The number of nitrogens with zero attached hydrogens (tertiary/aromatic N) is 3. The molecule has 1 saturated carbocycles. The number of benzene rings is 1. The zero-order valence-electron chi connectivity index (χ0n) is 13.3. The summed E-state index contributed by atoms with van der Waals surface area (Å²) in [5, 5.41) is 0.623. The molecule has 0 spiro atoms. The molecular formula is C18H19N5O. The molecule has 0 radical (unpaired) electrons. The van der Waals surface area contributed by atoms with Crippen molar-refractivity contribution in [1.82, 2.24) is 14.5 Å². The van der Waals surface area contributed by atoms with Crippen molar-refractivity contribution in [2.45, 2.75) is 31.7 Å². The minimum Gasteiger partial charge on any atom is -0.398 e. The van der Waals surface area contributed by atoms with Gasteiger partial charge < -0.3 is 16.0 Å². The number of carbonyl (C=O) groups is 1. The zero-order chi connectivity index (χ0) is 16.7. The molecule has 0 bridgehead atoms. The van der Waals surface area contributed by atoms with Crippen LogP contribution in [-0.2, 0) is 0 Å². The summed E-state index contributed by atoms with van der Waals surface area (Å²) < 4.78 is 2.09. The number of para-hydroxylation sites is 1. The Labute approximate surface area is 139 Å². The van der Waals surface area contributed by atoms with Gasteiger partial charge in [0.05, 0.1) is 10.9 Å². The average molecular weight is 321 g/mol. The maximum atomic E-state index is 13.1. The van der Waals surface area contributed by atoms with Crippen molar-refractivity contribution in [2.75, 3.05) is 11.5 Å². The van der Waals surface area contributed by atoms with Crippen LogP contribution in [0.1, 0.15) is 47.6 Å². The van der Waals surface area contributed by atoms with Gasteiger partial charge in [-0.2, -0.15) is 0 Å². The third-order valence-electron chi connectivity index (χ3n) is 4.81. The maximum absolute atomic E-state index is 13.1. The van der Waals surface area contributed by atoms with E-state index in [4.69, 9.17) is 11.5 Å². The molecular weight excluding hydrogens is 302 g/mol. The molecule has 6 heteroatoms. The van der Waals surface area contributed by atoms with E-state index in [0.717, 1.165) is 18.5 Å². The number of hydrogen-bond acceptors (Lipinski definition) is 5. The minimum absolute atomic E-state index is 0.142. The molecule has 2 heterocycles. The molecule has 0 unspecified atom stereocenters. The second-order valence-corrected chi connectivity index (χ2v) is 6.26. The number of rotatable bonds is 3. The molecule has 6 nitrogen and oxygen atoms in total. The van der Waals surface area contributed by atoms with Gasteiger partial charge in [0.2, 0.25) is 0 Å². The first-order chi connectivity index (χ1) is 11.7. The number of ketones is 1. The minimum atomic E-state index is -0.142. The fraction of sp³-hybridized carbons (Fsp3) is 0.278. The fourth-order valence-corrected chi connectivity index (χ4v) is 3.59. The number of fused-ring (bicyclic) bond motifs is 1. The van der Waals surface area contributed by atoms with Crippen molar-refractivity contribution in [2.24, 2.45) is 0 Å². The van der Waals surface area contributed by atoms with Gasteiger partial charge in [0.25, 0.3) is 0 Å². The van der Waals surface area contributed by atoms with Gasteiger partial charge in [-0.3, -0.25) is 4.79 Å². The molecule has 122 valence electrons. The van der Waals surface area contributed by atoms with Crippen molar-refractivity contribution < 1.29 is 4.79 Å². The summed E-state index contributed by atoms with van der Waals surface area (Å²) in [6.45, 7) is 0. The van der Waals surface area contributed by atoms with E-state index in [0.29, 0.717) is 34.1 Å². The van der Waals surface area contributed by atoms with E-state index in [2.05, 4.69) is 14.5 Å². The van der Waals surface area contributed by atoms with E-state index in [-0.39, 0.29) is 5.78 Å². The standard InChI is InChI=1S/C18H19N5O/c19-14-8-4-3-7-12(14)16(24)13-9-23(11-5-1-2-6-11)18-15(13)17(20)21-10-22-18/h3-4,7-11H,1-2,5-6,19H2,(H2,20,21,22). The van der Waals surface area contributed by atoms with E-state index in [1.807, 2.05) is 12.3 Å². The van der Waals surface area contributed by atoms with Crippen LogP contribution in [0, 0.1) is 0 Å². The Bertz CT molecular complexity index is 924. The summed E-state index contributed by atoms with van der Waals surface area (Å²) in [4.78, 5) is 21.5. The molecule has 0 saturated heterocycles. The Morgan fingerprint density at radius 1 is 1.08 bits per heavy atom. The van der Waals surface area contributed by atoms with Crippen LogP contribution in [0.2, 0.25) is 0 Å². The molecule has 0 atom stereocenters. The summed E-state index contributed by atoms with van der Waals surface area (Å²) in [5.74, 6) is 0.186. The predicted octanol–water partition coefficient (Wildman–Crippen LogP) is 2.94. The first-order valence-corrected chi connectivity index (χ1v) is 8.17. The second-order valence-electron chi connectivity index (χ2n) is 6.26. The van der Waals surface area contributed by atoms with Crippen LogP contribution in [0.15, 0.2) is 36.8 Å². The lowest BCUT2D eigenvalue weighted by molar-refractivity contribution is 0.104. The van der Waals surface area contributed by atoms with E-state index in [1.165, 1.54) is 19.2 Å². The van der Waals surface area contributed by atoms with Gasteiger partial charge in [0, 0.05) is 23.5 Å². The predicted molar refractivity (Wildman–Crippen MR) is 93.7 cm³/mol. The third kappa shape index (κ3) is 2.22. The van der Waals surface area contributed by atoms with Gasteiger partial charge in [0.1, 0.15) is 17.8 Å². The smallest absolute Gasteiger partial charge is 0.197 e. The number of nitrogen functional groups attached to an aromatic ring is 2. The quantitative estimate of drug-likeness (QED) is 0.570. The van der Waals surface area contributed by atoms with Crippen molar-refractivity contribution in [1.29, 1.82) is 0 Å². The maximum Gasteiger partial charge on any atom is 0.197 e.